The number of aromatic amines is 1. The van der Waals surface area contributed by atoms with E-state index in [1.165, 1.54) is 0 Å². The number of esters is 1. The molecule has 1 amide bonds. The molecule has 1 heterocycles. The number of anilines is 1. The average molecular weight is 386 g/mol. The van der Waals surface area contributed by atoms with Crippen LogP contribution in [0.3, 0.4) is 0 Å². The second kappa shape index (κ2) is 9.59. The number of nitrogens with one attached hydrogen (secondary N) is 3. The standard InChI is InChI=1S/C20H26N4O4/c1-6-28-20(26)18-12(2)19(22-13(18)3)14(4)23-24-17(25)11-21-15-7-9-16(27-5)10-8-15/h7-10,21-22H,6,11H2,1-5H3,(H,24,25)/b23-14+. The molecule has 8 nitrogen and oxygen atoms in total. The first-order chi connectivity index (χ1) is 13.4. The molecule has 2 aromatic rings. The lowest BCUT2D eigenvalue weighted by Crippen LogP contribution is -2.26. The Morgan fingerprint density at radius 3 is 2.46 bits per heavy atom. The molecular weight excluding hydrogens is 360 g/mol. The molecular formula is C20H26N4O4. The molecule has 0 spiro atoms. The Balaban J connectivity index is 1.98. The number of methoxy groups -OCH3 is 1. The van der Waals surface area contributed by atoms with Gasteiger partial charge in [-0.2, -0.15) is 5.10 Å². The maximum Gasteiger partial charge on any atom is 0.340 e. The van der Waals surface area contributed by atoms with E-state index in [0.717, 1.165) is 17.0 Å². The molecule has 150 valence electrons. The zero-order valence-electron chi connectivity index (χ0n) is 16.8. The van der Waals surface area contributed by atoms with Gasteiger partial charge in [-0.05, 0) is 57.5 Å². The fraction of sp³-hybridized carbons (Fsp3) is 0.350. The molecule has 28 heavy (non-hydrogen) atoms. The Labute approximate surface area is 164 Å². The van der Waals surface area contributed by atoms with Crippen LogP contribution in [-0.4, -0.2) is 42.8 Å². The number of ether oxygens (including phenoxy) is 2. The van der Waals surface area contributed by atoms with Gasteiger partial charge in [-0.25, -0.2) is 10.2 Å². The third kappa shape index (κ3) is 5.12. The number of amides is 1. The highest BCUT2D eigenvalue weighted by Crippen LogP contribution is 2.19. The molecule has 0 saturated heterocycles. The van der Waals surface area contributed by atoms with Gasteiger partial charge in [0.2, 0.25) is 0 Å². The number of aryl methyl sites for hydroxylation is 1. The van der Waals surface area contributed by atoms with E-state index >= 15 is 0 Å². The van der Waals surface area contributed by atoms with Crippen LogP contribution in [0.4, 0.5) is 5.69 Å². The third-order valence-electron chi connectivity index (χ3n) is 4.17. The van der Waals surface area contributed by atoms with E-state index in [-0.39, 0.29) is 18.4 Å². The van der Waals surface area contributed by atoms with Crippen LogP contribution in [0.1, 0.15) is 41.2 Å². The number of H-pyrrole nitrogens is 1. The first kappa shape index (κ1) is 21.0. The average Bonchev–Trinajstić information content (AvgIpc) is 2.99. The van der Waals surface area contributed by atoms with E-state index in [1.807, 2.05) is 19.1 Å². The minimum absolute atomic E-state index is 0.0694. The van der Waals surface area contributed by atoms with E-state index in [4.69, 9.17) is 9.47 Å². The van der Waals surface area contributed by atoms with E-state index in [1.54, 1.807) is 40.0 Å². The molecule has 3 N–H and O–H groups in total. The molecule has 0 aliphatic carbocycles. The van der Waals surface area contributed by atoms with Crippen LogP contribution >= 0.6 is 0 Å². The number of hydrogen-bond donors (Lipinski definition) is 3. The molecule has 0 saturated carbocycles. The predicted octanol–water partition coefficient (Wildman–Crippen LogP) is 2.77. The van der Waals surface area contributed by atoms with Crippen LogP contribution in [0.25, 0.3) is 0 Å². The van der Waals surface area contributed by atoms with Gasteiger partial charge in [-0.1, -0.05) is 0 Å². The molecule has 0 radical (unpaired) electrons. The number of hydrazone groups is 1. The van der Waals surface area contributed by atoms with Crippen molar-refractivity contribution in [2.45, 2.75) is 27.7 Å². The molecule has 1 aromatic heterocycles. The Bertz CT molecular complexity index is 869. The van der Waals surface area contributed by atoms with Crippen molar-refractivity contribution >= 4 is 23.3 Å². The summed E-state index contributed by atoms with van der Waals surface area (Å²) >= 11 is 0. The van der Waals surface area contributed by atoms with Gasteiger partial charge < -0.3 is 19.8 Å². The number of nitrogens with zero attached hydrogens (tertiary/aromatic N) is 1. The lowest BCUT2D eigenvalue weighted by molar-refractivity contribution is -0.119. The van der Waals surface area contributed by atoms with Crippen LogP contribution in [-0.2, 0) is 9.53 Å². The molecule has 0 unspecified atom stereocenters. The van der Waals surface area contributed by atoms with Crippen LogP contribution in [0.15, 0.2) is 29.4 Å². The summed E-state index contributed by atoms with van der Waals surface area (Å²) in [6.45, 7) is 7.51. The van der Waals surface area contributed by atoms with Crippen molar-refractivity contribution in [2.24, 2.45) is 5.10 Å². The van der Waals surface area contributed by atoms with Crippen molar-refractivity contribution in [3.63, 3.8) is 0 Å². The first-order valence-electron chi connectivity index (χ1n) is 8.95. The predicted molar refractivity (Wildman–Crippen MR) is 108 cm³/mol. The maximum absolute atomic E-state index is 12.1. The smallest absolute Gasteiger partial charge is 0.340 e. The lowest BCUT2D eigenvalue weighted by atomic mass is 10.1. The highest BCUT2D eigenvalue weighted by atomic mass is 16.5. The molecule has 8 heteroatoms. The first-order valence-corrected chi connectivity index (χ1v) is 8.95. The monoisotopic (exact) mass is 386 g/mol. The highest BCUT2D eigenvalue weighted by molar-refractivity contribution is 6.03. The van der Waals surface area contributed by atoms with Gasteiger partial charge in [-0.3, -0.25) is 4.79 Å². The summed E-state index contributed by atoms with van der Waals surface area (Å²) in [5, 5.41) is 7.14. The topological polar surface area (TPSA) is 105 Å². The zero-order valence-corrected chi connectivity index (χ0v) is 16.8. The number of benzene rings is 1. The minimum atomic E-state index is -0.375. The second-order valence-corrected chi connectivity index (χ2v) is 6.16. The van der Waals surface area contributed by atoms with Crippen LogP contribution in [0.2, 0.25) is 0 Å². The van der Waals surface area contributed by atoms with E-state index in [2.05, 4.69) is 20.8 Å². The molecule has 0 bridgehead atoms. The van der Waals surface area contributed by atoms with Crippen molar-refractivity contribution in [3.05, 3.63) is 46.8 Å². The van der Waals surface area contributed by atoms with Crippen molar-refractivity contribution in [3.8, 4) is 5.75 Å². The van der Waals surface area contributed by atoms with Crippen molar-refractivity contribution in [1.29, 1.82) is 0 Å². The highest BCUT2D eigenvalue weighted by Gasteiger charge is 2.20. The maximum atomic E-state index is 12.1. The van der Waals surface area contributed by atoms with Crippen LogP contribution in [0.5, 0.6) is 5.75 Å². The molecule has 0 aliphatic rings. The normalized spacial score (nSPS) is 11.1. The van der Waals surface area contributed by atoms with Crippen molar-refractivity contribution < 1.29 is 19.1 Å². The summed E-state index contributed by atoms with van der Waals surface area (Å²) in [4.78, 5) is 27.3. The number of carbonyl (C=O) groups is 2. The summed E-state index contributed by atoms with van der Waals surface area (Å²) in [6.07, 6.45) is 0. The van der Waals surface area contributed by atoms with Crippen molar-refractivity contribution in [1.82, 2.24) is 10.4 Å². The summed E-state index contributed by atoms with van der Waals surface area (Å²) in [5.41, 5.74) is 6.50. The third-order valence-corrected chi connectivity index (χ3v) is 4.17. The SMILES string of the molecule is CCOC(=O)c1c(C)[nH]c(/C(C)=N/NC(=O)CNc2ccc(OC)cc2)c1C. The Morgan fingerprint density at radius 1 is 1.18 bits per heavy atom. The molecule has 0 atom stereocenters. The van der Waals surface area contributed by atoms with Gasteiger partial charge in [-0.15, -0.1) is 0 Å². The number of aromatic nitrogens is 1. The van der Waals surface area contributed by atoms with Crippen molar-refractivity contribution in [2.75, 3.05) is 25.6 Å². The van der Waals surface area contributed by atoms with Gasteiger partial charge in [0.25, 0.3) is 5.91 Å². The number of rotatable bonds is 8. The van der Waals surface area contributed by atoms with E-state index in [0.29, 0.717) is 29.3 Å². The molecule has 1 aromatic carbocycles. The van der Waals surface area contributed by atoms with Gasteiger partial charge in [0, 0.05) is 11.4 Å². The number of hydrogen-bond acceptors (Lipinski definition) is 6. The largest absolute Gasteiger partial charge is 0.497 e. The quantitative estimate of drug-likeness (QED) is 0.368. The molecule has 0 aliphatic heterocycles. The second-order valence-electron chi connectivity index (χ2n) is 6.16. The zero-order chi connectivity index (χ0) is 20.7. The summed E-state index contributed by atoms with van der Waals surface area (Å²) in [6, 6.07) is 7.26. The summed E-state index contributed by atoms with van der Waals surface area (Å²) in [7, 11) is 1.60. The molecule has 0 fully saturated rings. The van der Waals surface area contributed by atoms with Gasteiger partial charge in [0.15, 0.2) is 0 Å². The Hall–Kier alpha value is -3.29. The molecule has 2 rings (SSSR count). The van der Waals surface area contributed by atoms with Gasteiger partial charge in [0.05, 0.1) is 37.2 Å². The Morgan fingerprint density at radius 2 is 1.86 bits per heavy atom. The summed E-state index contributed by atoms with van der Waals surface area (Å²) in [5.74, 6) is 0.0799. The van der Waals surface area contributed by atoms with Gasteiger partial charge in [0.1, 0.15) is 5.75 Å². The van der Waals surface area contributed by atoms with Crippen LogP contribution < -0.4 is 15.5 Å². The fourth-order valence-electron chi connectivity index (χ4n) is 2.75. The van der Waals surface area contributed by atoms with Crippen LogP contribution in [0, 0.1) is 13.8 Å². The van der Waals surface area contributed by atoms with E-state index < -0.39 is 0 Å². The van der Waals surface area contributed by atoms with Gasteiger partial charge >= 0.3 is 5.97 Å². The fourth-order valence-corrected chi connectivity index (χ4v) is 2.75. The lowest BCUT2D eigenvalue weighted by Gasteiger charge is -2.07. The minimum Gasteiger partial charge on any atom is -0.497 e. The Kier molecular flexibility index (Phi) is 7.20. The number of carbonyl (C=O) groups excluding carboxylic acids is 2. The summed E-state index contributed by atoms with van der Waals surface area (Å²) < 4.78 is 10.2. The van der Waals surface area contributed by atoms with E-state index in [9.17, 15) is 9.59 Å².